The summed E-state index contributed by atoms with van der Waals surface area (Å²) in [7, 11) is 0. The van der Waals surface area contributed by atoms with Crippen LogP contribution in [0.2, 0.25) is 0 Å². The fraction of sp³-hybridized carbons (Fsp3) is 0.368. The zero-order chi connectivity index (χ0) is 19.4. The van der Waals surface area contributed by atoms with E-state index in [1.165, 1.54) is 24.8 Å². The molecule has 5 nitrogen and oxygen atoms in total. The molecule has 1 fully saturated rings. The minimum Gasteiger partial charge on any atom is -0.384 e. The van der Waals surface area contributed by atoms with E-state index >= 15 is 0 Å². The van der Waals surface area contributed by atoms with Crippen LogP contribution in [0.1, 0.15) is 30.7 Å². The lowest BCUT2D eigenvalue weighted by molar-refractivity contribution is 0.163. The SMILES string of the molecule is C=Nc1c(Nc2ccc(C3CCC3)cc2SC)cc(N)nc1NCC(F)F. The van der Waals surface area contributed by atoms with E-state index in [0.29, 0.717) is 17.3 Å². The van der Waals surface area contributed by atoms with Gasteiger partial charge in [0, 0.05) is 11.0 Å². The Morgan fingerprint density at radius 1 is 1.33 bits per heavy atom. The number of pyridine rings is 1. The Hall–Kier alpha value is -2.35. The summed E-state index contributed by atoms with van der Waals surface area (Å²) in [6.45, 7) is 3.01. The van der Waals surface area contributed by atoms with Gasteiger partial charge in [-0.25, -0.2) is 13.8 Å². The van der Waals surface area contributed by atoms with Gasteiger partial charge in [-0.05, 0) is 49.4 Å². The number of hydrogen-bond acceptors (Lipinski definition) is 6. The van der Waals surface area contributed by atoms with Gasteiger partial charge < -0.3 is 16.4 Å². The van der Waals surface area contributed by atoms with Crippen molar-refractivity contribution in [1.29, 1.82) is 0 Å². The summed E-state index contributed by atoms with van der Waals surface area (Å²) in [6.07, 6.45) is 3.28. The van der Waals surface area contributed by atoms with Crippen molar-refractivity contribution in [3.8, 4) is 0 Å². The molecule has 1 saturated carbocycles. The quantitative estimate of drug-likeness (QED) is 0.415. The number of alkyl halides is 2. The van der Waals surface area contributed by atoms with Crippen LogP contribution in [0.5, 0.6) is 0 Å². The van der Waals surface area contributed by atoms with Crippen LogP contribution in [-0.4, -0.2) is 30.9 Å². The standard InChI is InChI=1S/C19H23F2N5S/c1-23-18-14(9-17(22)26-19(18)24-10-16(20)21)25-13-7-6-12(8-15(13)27-2)11-4-3-5-11/h6-9,11,16H,1,3-5,10H2,2H3,(H4,22,24,25,26). The van der Waals surface area contributed by atoms with Gasteiger partial charge in [-0.2, -0.15) is 0 Å². The van der Waals surface area contributed by atoms with Crippen LogP contribution in [0.25, 0.3) is 0 Å². The fourth-order valence-corrected chi connectivity index (χ4v) is 3.66. The largest absolute Gasteiger partial charge is 0.384 e. The lowest BCUT2D eigenvalue weighted by atomic mass is 9.80. The molecule has 1 aliphatic carbocycles. The summed E-state index contributed by atoms with van der Waals surface area (Å²) in [4.78, 5) is 9.14. The molecule has 0 saturated heterocycles. The van der Waals surface area contributed by atoms with E-state index in [9.17, 15) is 8.78 Å². The van der Waals surface area contributed by atoms with Gasteiger partial charge in [-0.15, -0.1) is 11.8 Å². The Morgan fingerprint density at radius 2 is 2.11 bits per heavy atom. The molecule has 8 heteroatoms. The monoisotopic (exact) mass is 391 g/mol. The molecule has 0 radical (unpaired) electrons. The molecule has 1 aliphatic rings. The van der Waals surface area contributed by atoms with E-state index < -0.39 is 13.0 Å². The number of nitrogens with one attached hydrogen (secondary N) is 2. The molecule has 4 N–H and O–H groups in total. The van der Waals surface area contributed by atoms with Crippen molar-refractivity contribution < 1.29 is 8.78 Å². The van der Waals surface area contributed by atoms with Crippen LogP contribution in [0.3, 0.4) is 0 Å². The summed E-state index contributed by atoms with van der Waals surface area (Å²) in [5.41, 5.74) is 9.05. The van der Waals surface area contributed by atoms with Gasteiger partial charge in [0.15, 0.2) is 5.82 Å². The number of halogens is 2. The van der Waals surface area contributed by atoms with Crippen molar-refractivity contribution in [1.82, 2.24) is 4.98 Å². The zero-order valence-electron chi connectivity index (χ0n) is 15.1. The second-order valence-corrected chi connectivity index (χ2v) is 7.28. The highest BCUT2D eigenvalue weighted by molar-refractivity contribution is 7.98. The number of aromatic nitrogens is 1. The molecule has 144 valence electrons. The highest BCUT2D eigenvalue weighted by Gasteiger charge is 2.21. The van der Waals surface area contributed by atoms with Gasteiger partial charge >= 0.3 is 0 Å². The van der Waals surface area contributed by atoms with Crippen LogP contribution >= 0.6 is 11.8 Å². The molecule has 2 aromatic rings. The normalized spacial score (nSPS) is 14.1. The summed E-state index contributed by atoms with van der Waals surface area (Å²) in [5, 5.41) is 5.89. The van der Waals surface area contributed by atoms with Crippen LogP contribution in [0.4, 0.5) is 37.5 Å². The van der Waals surface area contributed by atoms with Gasteiger partial charge in [-0.3, -0.25) is 4.99 Å². The third-order valence-corrected chi connectivity index (χ3v) is 5.44. The van der Waals surface area contributed by atoms with E-state index in [0.717, 1.165) is 10.6 Å². The second kappa shape index (κ2) is 8.56. The van der Waals surface area contributed by atoms with Crippen molar-refractivity contribution in [2.24, 2.45) is 4.99 Å². The molecular weight excluding hydrogens is 368 g/mol. The van der Waals surface area contributed by atoms with E-state index in [4.69, 9.17) is 5.73 Å². The van der Waals surface area contributed by atoms with Gasteiger partial charge in [0.25, 0.3) is 6.43 Å². The molecule has 0 bridgehead atoms. The number of benzene rings is 1. The third-order valence-electron chi connectivity index (χ3n) is 4.67. The Labute approximate surface area is 161 Å². The number of nitrogens with two attached hydrogens (primary N) is 1. The molecular formula is C19H23F2N5S. The molecule has 0 atom stereocenters. The smallest absolute Gasteiger partial charge is 0.255 e. The number of aliphatic imine (C=N–C) groups is 1. The van der Waals surface area contributed by atoms with Crippen molar-refractivity contribution in [2.75, 3.05) is 29.2 Å². The molecule has 3 rings (SSSR count). The third kappa shape index (κ3) is 4.50. The molecule has 27 heavy (non-hydrogen) atoms. The lowest BCUT2D eigenvalue weighted by Gasteiger charge is -2.26. The van der Waals surface area contributed by atoms with E-state index in [1.54, 1.807) is 17.8 Å². The maximum absolute atomic E-state index is 12.6. The fourth-order valence-electron chi connectivity index (χ4n) is 3.06. The lowest BCUT2D eigenvalue weighted by Crippen LogP contribution is -2.12. The van der Waals surface area contributed by atoms with E-state index in [-0.39, 0.29) is 11.6 Å². The van der Waals surface area contributed by atoms with Gasteiger partial charge in [0.1, 0.15) is 11.5 Å². The number of anilines is 4. The highest BCUT2D eigenvalue weighted by atomic mass is 32.2. The average Bonchev–Trinajstić information content (AvgIpc) is 2.59. The zero-order valence-corrected chi connectivity index (χ0v) is 16.0. The van der Waals surface area contributed by atoms with E-state index in [2.05, 4.69) is 39.5 Å². The summed E-state index contributed by atoms with van der Waals surface area (Å²) < 4.78 is 25.1. The molecule has 1 heterocycles. The van der Waals surface area contributed by atoms with Crippen molar-refractivity contribution >= 4 is 47.2 Å². The van der Waals surface area contributed by atoms with Crippen molar-refractivity contribution in [3.05, 3.63) is 29.8 Å². The van der Waals surface area contributed by atoms with E-state index in [1.807, 2.05) is 12.3 Å². The Morgan fingerprint density at radius 3 is 2.70 bits per heavy atom. The molecule has 1 aromatic carbocycles. The summed E-state index contributed by atoms with van der Waals surface area (Å²) in [6, 6.07) is 8.00. The molecule has 0 amide bonds. The Kier molecular flexibility index (Phi) is 6.15. The summed E-state index contributed by atoms with van der Waals surface area (Å²) >= 11 is 1.65. The molecule has 0 unspecified atom stereocenters. The molecule has 1 aromatic heterocycles. The molecule has 0 aliphatic heterocycles. The van der Waals surface area contributed by atoms with Gasteiger partial charge in [0.05, 0.1) is 17.9 Å². The van der Waals surface area contributed by atoms with Gasteiger partial charge in [-0.1, -0.05) is 12.5 Å². The predicted octanol–water partition coefficient (Wildman–Crippen LogP) is 5.41. The maximum Gasteiger partial charge on any atom is 0.255 e. The number of nitrogen functional groups attached to an aromatic ring is 1. The Balaban J connectivity index is 1.91. The van der Waals surface area contributed by atoms with Crippen LogP contribution < -0.4 is 16.4 Å². The number of thioether (sulfide) groups is 1. The first kappa shape index (κ1) is 19.4. The number of nitrogens with zero attached hydrogens (tertiary/aromatic N) is 2. The van der Waals surface area contributed by atoms with Crippen molar-refractivity contribution in [3.63, 3.8) is 0 Å². The first-order valence-corrected chi connectivity index (χ1v) is 9.98. The van der Waals surface area contributed by atoms with Gasteiger partial charge in [0.2, 0.25) is 0 Å². The van der Waals surface area contributed by atoms with Crippen LogP contribution in [0, 0.1) is 0 Å². The topological polar surface area (TPSA) is 75.3 Å². The van der Waals surface area contributed by atoms with Crippen LogP contribution in [-0.2, 0) is 0 Å². The second-order valence-electron chi connectivity index (χ2n) is 6.43. The first-order valence-electron chi connectivity index (χ1n) is 8.76. The summed E-state index contributed by atoms with van der Waals surface area (Å²) in [5.74, 6) is 1.04. The minimum atomic E-state index is -2.51. The average molecular weight is 391 g/mol. The Bertz CT molecular complexity index is 824. The minimum absolute atomic E-state index is 0.185. The predicted molar refractivity (Wildman–Crippen MR) is 110 cm³/mol. The number of hydrogen-bond donors (Lipinski definition) is 3. The highest BCUT2D eigenvalue weighted by Crippen LogP contribution is 2.41. The first-order chi connectivity index (χ1) is 13.0. The number of rotatable bonds is 8. The van der Waals surface area contributed by atoms with Crippen molar-refractivity contribution in [2.45, 2.75) is 36.5 Å². The molecule has 0 spiro atoms. The van der Waals surface area contributed by atoms with Crippen LogP contribution in [0.15, 0.2) is 34.2 Å². The maximum atomic E-state index is 12.6.